The fourth-order valence-corrected chi connectivity index (χ4v) is 2.19. The average Bonchev–Trinajstić information content (AvgIpc) is 2.05. The molecule has 0 aromatic rings. The summed E-state index contributed by atoms with van der Waals surface area (Å²) in [5.41, 5.74) is 0. The summed E-state index contributed by atoms with van der Waals surface area (Å²) in [5, 5.41) is 9.84. The molecule has 0 bridgehead atoms. The zero-order valence-electron chi connectivity index (χ0n) is 8.42. The molecule has 0 radical (unpaired) electrons. The van der Waals surface area contributed by atoms with Crippen molar-refractivity contribution in [1.29, 1.82) is 0 Å². The summed E-state index contributed by atoms with van der Waals surface area (Å²) in [6, 6.07) is 0. The number of hydrogen-bond donors (Lipinski definition) is 1. The van der Waals surface area contributed by atoms with Gasteiger partial charge in [-0.25, -0.2) is 0 Å². The molecule has 0 aromatic heterocycles. The zero-order valence-corrected chi connectivity index (χ0v) is 8.42. The smallest absolute Gasteiger partial charge is 0.0570 e. The second-order valence-electron chi connectivity index (χ2n) is 4.59. The van der Waals surface area contributed by atoms with Gasteiger partial charge in [0, 0.05) is 0 Å². The van der Waals surface area contributed by atoms with E-state index in [2.05, 4.69) is 13.8 Å². The monoisotopic (exact) mass is 170 g/mol. The van der Waals surface area contributed by atoms with Crippen molar-refractivity contribution in [2.24, 2.45) is 11.8 Å². The van der Waals surface area contributed by atoms with Crippen LogP contribution in [-0.2, 0) is 0 Å². The Morgan fingerprint density at radius 3 is 2.25 bits per heavy atom. The van der Waals surface area contributed by atoms with Crippen molar-refractivity contribution >= 4 is 0 Å². The van der Waals surface area contributed by atoms with Gasteiger partial charge in [0.2, 0.25) is 0 Å². The molecule has 0 amide bonds. The van der Waals surface area contributed by atoms with Gasteiger partial charge in [0.15, 0.2) is 0 Å². The molecule has 0 aliphatic heterocycles. The van der Waals surface area contributed by atoms with Crippen molar-refractivity contribution in [1.82, 2.24) is 0 Å². The van der Waals surface area contributed by atoms with Crippen molar-refractivity contribution in [3.63, 3.8) is 0 Å². The van der Waals surface area contributed by atoms with Gasteiger partial charge in [-0.2, -0.15) is 0 Å². The van der Waals surface area contributed by atoms with Gasteiger partial charge in [0.05, 0.1) is 6.10 Å². The van der Waals surface area contributed by atoms with E-state index < -0.39 is 0 Å². The maximum atomic E-state index is 9.84. The first-order chi connectivity index (χ1) is 5.70. The molecule has 0 heterocycles. The van der Waals surface area contributed by atoms with Gasteiger partial charge in [-0.1, -0.05) is 33.1 Å². The van der Waals surface area contributed by atoms with Gasteiger partial charge in [-0.15, -0.1) is 0 Å². The Hall–Kier alpha value is -0.0400. The van der Waals surface area contributed by atoms with Gasteiger partial charge < -0.3 is 5.11 Å². The Balaban J connectivity index is 2.24. The van der Waals surface area contributed by atoms with E-state index in [1.807, 2.05) is 0 Å². The molecular weight excluding hydrogens is 148 g/mol. The van der Waals surface area contributed by atoms with Crippen LogP contribution in [0.5, 0.6) is 0 Å². The lowest BCUT2D eigenvalue weighted by atomic mass is 9.82. The van der Waals surface area contributed by atoms with Crippen molar-refractivity contribution in [2.75, 3.05) is 0 Å². The molecule has 1 N–H and O–H groups in total. The summed E-state index contributed by atoms with van der Waals surface area (Å²) in [6.45, 7) is 4.37. The predicted molar refractivity (Wildman–Crippen MR) is 52.0 cm³/mol. The molecule has 72 valence electrons. The molecule has 12 heavy (non-hydrogen) atoms. The van der Waals surface area contributed by atoms with E-state index in [0.717, 1.165) is 6.42 Å². The van der Waals surface area contributed by atoms with E-state index >= 15 is 0 Å². The highest BCUT2D eigenvalue weighted by Gasteiger charge is 2.21. The summed E-state index contributed by atoms with van der Waals surface area (Å²) >= 11 is 0. The largest absolute Gasteiger partial charge is 0.393 e. The van der Waals surface area contributed by atoms with Crippen LogP contribution in [0.15, 0.2) is 0 Å². The molecule has 1 heteroatoms. The van der Waals surface area contributed by atoms with Crippen LogP contribution in [0.3, 0.4) is 0 Å². The van der Waals surface area contributed by atoms with Crippen LogP contribution in [-0.4, -0.2) is 11.2 Å². The third-order valence-corrected chi connectivity index (χ3v) is 2.91. The minimum absolute atomic E-state index is 0.0229. The minimum atomic E-state index is -0.0229. The highest BCUT2D eigenvalue weighted by Crippen LogP contribution is 2.28. The highest BCUT2D eigenvalue weighted by molar-refractivity contribution is 4.73. The molecule has 1 aliphatic carbocycles. The topological polar surface area (TPSA) is 20.2 Å². The molecule has 1 rings (SSSR count). The highest BCUT2D eigenvalue weighted by atomic mass is 16.3. The van der Waals surface area contributed by atoms with Crippen molar-refractivity contribution in [2.45, 2.75) is 58.5 Å². The fourth-order valence-electron chi connectivity index (χ4n) is 2.19. The third kappa shape index (κ3) is 3.14. The van der Waals surface area contributed by atoms with E-state index in [0.29, 0.717) is 11.8 Å². The van der Waals surface area contributed by atoms with Gasteiger partial charge in [-0.05, 0) is 31.1 Å². The van der Waals surface area contributed by atoms with Gasteiger partial charge in [0.1, 0.15) is 0 Å². The lowest BCUT2D eigenvalue weighted by Gasteiger charge is -2.27. The first-order valence-corrected chi connectivity index (χ1v) is 5.38. The number of hydrogen-bond acceptors (Lipinski definition) is 1. The normalized spacial score (nSPS) is 23.0. The predicted octanol–water partition coefficient (Wildman–Crippen LogP) is 2.97. The quantitative estimate of drug-likeness (QED) is 0.690. The number of aliphatic hydroxyl groups is 1. The summed E-state index contributed by atoms with van der Waals surface area (Å²) in [4.78, 5) is 0. The Labute approximate surface area is 76.2 Å². The maximum Gasteiger partial charge on any atom is 0.0570 e. The van der Waals surface area contributed by atoms with Crippen LogP contribution < -0.4 is 0 Å². The van der Waals surface area contributed by atoms with E-state index in [9.17, 15) is 5.11 Å². The standard InChI is InChI=1S/C11H22O/c1-9(2)8-11(12)10-6-4-3-5-7-10/h9-12H,3-8H2,1-2H3/t11-/m0/s1. The minimum Gasteiger partial charge on any atom is -0.393 e. The second-order valence-corrected chi connectivity index (χ2v) is 4.59. The zero-order chi connectivity index (χ0) is 8.97. The van der Waals surface area contributed by atoms with Crippen LogP contribution >= 0.6 is 0 Å². The molecular formula is C11H22O. The fraction of sp³-hybridized carbons (Fsp3) is 1.00. The molecule has 1 atom stereocenters. The van der Waals surface area contributed by atoms with Crippen LogP contribution in [0.2, 0.25) is 0 Å². The Morgan fingerprint density at radius 2 is 1.75 bits per heavy atom. The van der Waals surface area contributed by atoms with Gasteiger partial charge in [-0.3, -0.25) is 0 Å². The number of aliphatic hydroxyl groups excluding tert-OH is 1. The molecule has 1 aliphatic rings. The first kappa shape index (κ1) is 10.0. The molecule has 0 aromatic carbocycles. The van der Waals surface area contributed by atoms with E-state index in [4.69, 9.17) is 0 Å². The molecule has 0 spiro atoms. The molecule has 1 nitrogen and oxygen atoms in total. The molecule has 0 saturated heterocycles. The molecule has 0 unspecified atom stereocenters. The SMILES string of the molecule is CC(C)C[C@H](O)C1CCCCC1. The van der Waals surface area contributed by atoms with Crippen molar-refractivity contribution in [3.05, 3.63) is 0 Å². The van der Waals surface area contributed by atoms with Crippen molar-refractivity contribution in [3.8, 4) is 0 Å². The van der Waals surface area contributed by atoms with Crippen LogP contribution in [0.25, 0.3) is 0 Å². The van der Waals surface area contributed by atoms with Gasteiger partial charge >= 0.3 is 0 Å². The van der Waals surface area contributed by atoms with Crippen LogP contribution in [0, 0.1) is 11.8 Å². The van der Waals surface area contributed by atoms with Crippen molar-refractivity contribution < 1.29 is 5.11 Å². The summed E-state index contributed by atoms with van der Waals surface area (Å²) in [5.74, 6) is 1.25. The first-order valence-electron chi connectivity index (χ1n) is 5.38. The lowest BCUT2D eigenvalue weighted by Crippen LogP contribution is -2.24. The van der Waals surface area contributed by atoms with Crippen LogP contribution in [0.4, 0.5) is 0 Å². The Morgan fingerprint density at radius 1 is 1.17 bits per heavy atom. The lowest BCUT2D eigenvalue weighted by molar-refractivity contribution is 0.0665. The molecule has 1 saturated carbocycles. The Kier molecular flexibility index (Phi) is 4.07. The van der Waals surface area contributed by atoms with E-state index in [1.54, 1.807) is 0 Å². The van der Waals surface area contributed by atoms with Crippen LogP contribution in [0.1, 0.15) is 52.4 Å². The second kappa shape index (κ2) is 4.86. The Bertz CT molecular complexity index is 114. The van der Waals surface area contributed by atoms with E-state index in [-0.39, 0.29) is 6.10 Å². The average molecular weight is 170 g/mol. The van der Waals surface area contributed by atoms with Gasteiger partial charge in [0.25, 0.3) is 0 Å². The summed E-state index contributed by atoms with van der Waals surface area (Å²) in [7, 11) is 0. The third-order valence-electron chi connectivity index (χ3n) is 2.91. The summed E-state index contributed by atoms with van der Waals surface area (Å²) < 4.78 is 0. The molecule has 1 fully saturated rings. The van der Waals surface area contributed by atoms with E-state index in [1.165, 1.54) is 32.1 Å². The summed E-state index contributed by atoms with van der Waals surface area (Å²) in [6.07, 6.45) is 7.53. The maximum absolute atomic E-state index is 9.84. The number of rotatable bonds is 3.